The number of halogens is 12. The van der Waals surface area contributed by atoms with Gasteiger partial charge < -0.3 is 66.2 Å². The van der Waals surface area contributed by atoms with Gasteiger partial charge in [0.25, 0.3) is 10.0 Å². The van der Waals surface area contributed by atoms with E-state index in [0.717, 1.165) is 67.8 Å². The van der Waals surface area contributed by atoms with Gasteiger partial charge in [0.15, 0.2) is 51.7 Å². The maximum Gasteiger partial charge on any atom is 0.437 e. The van der Waals surface area contributed by atoms with Gasteiger partial charge in [-0.1, -0.05) is 141 Å². The van der Waals surface area contributed by atoms with Crippen LogP contribution in [0.3, 0.4) is 0 Å². The zero-order valence-electron chi connectivity index (χ0n) is 69.9. The number of carboxylic acids is 1. The van der Waals surface area contributed by atoms with E-state index in [0.29, 0.717) is 154 Å². The number of para-hydroxylation sites is 2. The van der Waals surface area contributed by atoms with Crippen LogP contribution in [0, 0.1) is 0 Å². The molecule has 0 amide bonds. The molecule has 0 atom stereocenters. The fourth-order valence-electron chi connectivity index (χ4n) is 15.4. The van der Waals surface area contributed by atoms with Gasteiger partial charge in [-0.2, -0.15) is 52.7 Å². The van der Waals surface area contributed by atoms with Gasteiger partial charge in [0, 0.05) is 105 Å². The molecule has 129 heavy (non-hydrogen) atoms. The monoisotopic (exact) mass is 1810 g/mol. The summed E-state index contributed by atoms with van der Waals surface area (Å²) in [7, 11) is -3.81. The molecule has 0 aliphatic heterocycles. The molecule has 0 bridgehead atoms. The summed E-state index contributed by atoms with van der Waals surface area (Å²) < 4.78 is 243. The summed E-state index contributed by atoms with van der Waals surface area (Å²) in [6, 6.07) is 50.0. The Balaban J connectivity index is 0.000000140. The third-order valence-corrected chi connectivity index (χ3v) is 22.8. The van der Waals surface area contributed by atoms with Gasteiger partial charge in [0.05, 0.1) is 70.5 Å². The van der Waals surface area contributed by atoms with E-state index in [1.807, 2.05) is 124 Å². The third kappa shape index (κ3) is 20.7. The average Bonchev–Trinajstić information content (AvgIpc) is 1.60. The summed E-state index contributed by atoms with van der Waals surface area (Å²) >= 11 is 0. The second-order valence-electron chi connectivity index (χ2n) is 30.0. The molecule has 0 saturated heterocycles. The van der Waals surface area contributed by atoms with Gasteiger partial charge in [0.1, 0.15) is 34.5 Å². The molecule has 35 heteroatoms. The van der Waals surface area contributed by atoms with Crippen molar-refractivity contribution in [3.8, 4) is 34.5 Å². The number of aryl methyl sites for hydroxylation is 5. The molecule has 676 valence electrons. The molecule has 17 aromatic rings. The van der Waals surface area contributed by atoms with Crippen LogP contribution in [0.2, 0.25) is 0 Å². The van der Waals surface area contributed by atoms with Crippen molar-refractivity contribution >= 4 is 103 Å². The first-order valence-electron chi connectivity index (χ1n) is 41.5. The molecule has 9 aromatic carbocycles. The molecule has 0 saturated carbocycles. The lowest BCUT2D eigenvalue weighted by Gasteiger charge is -2.12. The number of nitrogens with one attached hydrogen (secondary N) is 2. The number of hydrogen-bond donors (Lipinski definition) is 3. The molecule has 0 radical (unpaired) electrons. The van der Waals surface area contributed by atoms with Crippen molar-refractivity contribution < 1.29 is 118 Å². The van der Waals surface area contributed by atoms with E-state index in [-0.39, 0.29) is 55.4 Å². The number of alkyl halides is 12. The number of carbonyl (C=O) groups is 1. The van der Waals surface area contributed by atoms with Crippen molar-refractivity contribution in [1.82, 2.24) is 39.1 Å². The van der Waals surface area contributed by atoms with Crippen molar-refractivity contribution in [2.75, 3.05) is 39.6 Å². The summed E-state index contributed by atoms with van der Waals surface area (Å²) in [5.41, 5.74) is 4.14. The van der Waals surface area contributed by atoms with Crippen LogP contribution in [-0.2, 0) is 84.6 Å². The van der Waals surface area contributed by atoms with Crippen LogP contribution in [0.25, 0.3) is 87.5 Å². The fraction of sp³-hybridized carbons (Fsp3) is 0.287. The predicted molar refractivity (Wildman–Crippen MR) is 459 cm³/mol. The van der Waals surface area contributed by atoms with Gasteiger partial charge in [-0.3, -0.25) is 0 Å². The van der Waals surface area contributed by atoms with Crippen molar-refractivity contribution in [3.05, 3.63) is 257 Å². The van der Waals surface area contributed by atoms with E-state index in [2.05, 4.69) is 30.6 Å². The van der Waals surface area contributed by atoms with E-state index in [1.54, 1.807) is 72.9 Å². The first-order chi connectivity index (χ1) is 62.0. The highest BCUT2D eigenvalue weighted by atomic mass is 32.2. The number of rotatable bonds is 32. The zero-order chi connectivity index (χ0) is 91.4. The lowest BCUT2D eigenvalue weighted by atomic mass is 10.0. The fourth-order valence-corrected chi connectivity index (χ4v) is 16.8. The summed E-state index contributed by atoms with van der Waals surface area (Å²) in [5, 5.41) is 25.3. The number of fused-ring (bicyclic) bond motifs is 8. The summed E-state index contributed by atoms with van der Waals surface area (Å²) in [4.78, 5) is 17.3. The topological polar surface area (TPSA) is 272 Å². The van der Waals surface area contributed by atoms with E-state index in [4.69, 9.17) is 51.6 Å². The Hall–Kier alpha value is -13.6. The van der Waals surface area contributed by atoms with Crippen LogP contribution < -0.4 is 28.4 Å². The van der Waals surface area contributed by atoms with Crippen LogP contribution in [0.4, 0.5) is 52.7 Å². The number of benzene rings is 9. The number of carboxylic acid groups (broad SMARTS) is 1. The van der Waals surface area contributed by atoms with Crippen LogP contribution in [-0.4, -0.2) is 98.3 Å². The van der Waals surface area contributed by atoms with Crippen molar-refractivity contribution in [3.63, 3.8) is 0 Å². The SMILES string of the molecule is CCCc1c(OCCCOc2cccc3[nH]ccc23)ccc2c(C(F)(F)F)noc12.CCCc1c(OCCCn2ccc3c(OCC(=O)O)cccc32)ccc2c(C(F)(F)F)noc12.CCCc1c(OCCc2c[nH]c3ccccc23)ccc2c(C(F)(F)F)noc12.CCCc1c(OCCc2cn(S(=O)(=O)c3ccccc3)c3ccccc23)ccc2c(C(F)(F)F)noc12. The smallest absolute Gasteiger partial charge is 0.437 e. The molecule has 17 rings (SSSR count). The highest BCUT2D eigenvalue weighted by molar-refractivity contribution is 7.90. The quantitative estimate of drug-likeness (QED) is 0.0261. The van der Waals surface area contributed by atoms with Crippen LogP contribution in [0.5, 0.6) is 34.5 Å². The number of ether oxygens (including phenoxy) is 6. The number of aliphatic carboxylic acids is 1. The van der Waals surface area contributed by atoms with Crippen molar-refractivity contribution in [2.45, 2.75) is 141 Å². The van der Waals surface area contributed by atoms with Crippen molar-refractivity contribution in [1.29, 1.82) is 0 Å². The Morgan fingerprint density at radius 1 is 0.388 bits per heavy atom. The second kappa shape index (κ2) is 39.7. The minimum absolute atomic E-state index is 0.0278. The number of aromatic amines is 2. The van der Waals surface area contributed by atoms with Gasteiger partial charge >= 0.3 is 30.7 Å². The Morgan fingerprint density at radius 3 is 1.27 bits per heavy atom. The number of nitrogens with zero attached hydrogens (tertiary/aromatic N) is 6. The van der Waals surface area contributed by atoms with Crippen LogP contribution in [0.15, 0.2) is 224 Å². The molecular formula is C94H86F12N8O14S. The lowest BCUT2D eigenvalue weighted by molar-refractivity contribution is -0.142. The Morgan fingerprint density at radius 2 is 0.791 bits per heavy atom. The molecule has 0 aliphatic rings. The Labute approximate surface area is 728 Å². The largest absolute Gasteiger partial charge is 0.493 e. The minimum Gasteiger partial charge on any atom is -0.493 e. The Bertz CT molecular complexity index is 6860. The van der Waals surface area contributed by atoms with Crippen LogP contribution in [0.1, 0.15) is 122 Å². The number of hydrogen-bond acceptors (Lipinski definition) is 17. The minimum atomic E-state index is -4.62. The molecule has 22 nitrogen and oxygen atoms in total. The third-order valence-electron chi connectivity index (χ3n) is 21.2. The van der Waals surface area contributed by atoms with Gasteiger partial charge in [0.2, 0.25) is 0 Å². The standard InChI is InChI=1S/C27H23F3N2O4S.C24H23F3N2O5.C22H21F3N2O3.C21H19F3N2O2/c1-2-8-21-24(14-13-22-25(21)36-31-26(22)27(28,29)30)35-16-15-18-17-32(23-12-7-6-11-20(18)23)37(33,34)19-9-4-3-5-10-19;1-2-5-16-20(9-8-17-22(16)34-28-23(17)24(25,26)27)32-13-4-11-29-12-10-15-18(29)6-3-7-19(15)33-14-21(30)31;1-2-5-15-19(9-8-16-20(15)30-27-21(16)22(23,24)25)29-13-4-12-28-18-7-3-6-17-14(18)10-11-26-17;1-2-5-15-18(9-8-16-19(15)28-26-20(16)21(22,23)24)27-11-10-13-12-25-17-7-4-3-6-14(13)17/h3-7,9-14,17H,2,8,15-16H2,1H3;3,6-10,12H,2,4-5,11,13-14H2,1H3,(H,30,31);3,6-11,26H,2,4-5,12-13H2,1H3;3-4,6-9,12,25H,2,5,10-11H2,1H3. The maximum absolute atomic E-state index is 13.3. The predicted octanol–water partition coefficient (Wildman–Crippen LogP) is 24.3. The van der Waals surface area contributed by atoms with Crippen LogP contribution >= 0.6 is 0 Å². The Kier molecular flexibility index (Phi) is 28.2. The normalized spacial score (nSPS) is 12.1. The molecule has 0 fully saturated rings. The van der Waals surface area contributed by atoms with E-state index in [1.165, 1.54) is 40.4 Å². The van der Waals surface area contributed by atoms with E-state index in [9.17, 15) is 65.9 Å². The van der Waals surface area contributed by atoms with Gasteiger partial charge in [-0.15, -0.1) is 0 Å². The summed E-state index contributed by atoms with van der Waals surface area (Å²) in [5.74, 6) is 2.21. The molecule has 0 spiro atoms. The lowest BCUT2D eigenvalue weighted by Crippen LogP contribution is -2.11. The first-order valence-corrected chi connectivity index (χ1v) is 42.9. The zero-order valence-corrected chi connectivity index (χ0v) is 70.7. The van der Waals surface area contributed by atoms with E-state index < -0.39 is 70.1 Å². The molecule has 8 heterocycles. The summed E-state index contributed by atoms with van der Waals surface area (Å²) in [6.45, 7) is 9.69. The van der Waals surface area contributed by atoms with Gasteiger partial charge in [-0.25, -0.2) is 17.2 Å². The number of H-pyrrole nitrogens is 2. The number of aromatic nitrogens is 8. The molecule has 0 unspecified atom stereocenters. The highest BCUT2D eigenvalue weighted by Crippen LogP contribution is 2.44. The molecule has 3 N–H and O–H groups in total. The molecule has 0 aliphatic carbocycles. The molecular weight excluding hydrogens is 1730 g/mol. The average molecular weight is 1810 g/mol. The summed E-state index contributed by atoms with van der Waals surface area (Å²) in [6.07, 6.45) is -3.80. The van der Waals surface area contributed by atoms with Gasteiger partial charge in [-0.05, 0) is 152 Å². The first kappa shape index (κ1) is 91.6. The van der Waals surface area contributed by atoms with Crippen molar-refractivity contribution in [2.24, 2.45) is 0 Å². The molecule has 8 aromatic heterocycles. The maximum atomic E-state index is 13.3. The highest BCUT2D eigenvalue weighted by Gasteiger charge is 2.42. The second-order valence-corrected chi connectivity index (χ2v) is 31.8. The van der Waals surface area contributed by atoms with E-state index >= 15 is 0 Å².